The Hall–Kier alpha value is -1.80. The number of aliphatic hydroxyl groups excluding tert-OH is 1. The van der Waals surface area contributed by atoms with Gasteiger partial charge < -0.3 is 19.7 Å². The molecule has 0 bridgehead atoms. The summed E-state index contributed by atoms with van der Waals surface area (Å²) in [4.78, 5) is 10.4. The molecule has 1 N–H and O–H groups in total. The first kappa shape index (κ1) is 19.2. The molecule has 23 heavy (non-hydrogen) atoms. The van der Waals surface area contributed by atoms with E-state index in [1.807, 2.05) is 0 Å². The van der Waals surface area contributed by atoms with Crippen molar-refractivity contribution < 1.29 is 43.0 Å². The van der Waals surface area contributed by atoms with Gasteiger partial charge in [0.15, 0.2) is 0 Å². The molecule has 4 nitrogen and oxygen atoms in total. The third-order valence-corrected chi connectivity index (χ3v) is 3.18. The molecule has 0 spiro atoms. The number of hydrogen-bond donors (Lipinski definition) is 1. The number of rotatable bonds is 7. The van der Waals surface area contributed by atoms with Crippen LogP contribution in [0.25, 0.3) is 0 Å². The van der Waals surface area contributed by atoms with Crippen molar-refractivity contribution in [2.45, 2.75) is 25.6 Å². The van der Waals surface area contributed by atoms with Crippen LogP contribution in [0.5, 0.6) is 5.75 Å². The van der Waals surface area contributed by atoms with Crippen LogP contribution >= 0.6 is 0 Å². The average molecular weight is 310 g/mol. The Labute approximate surface area is 146 Å². The largest absolute Gasteiger partial charge is 1.00 e. The molecule has 116 valence electrons. The van der Waals surface area contributed by atoms with Gasteiger partial charge in [-0.05, 0) is 48.2 Å². The molecule has 2 rings (SSSR count). The molecule has 2 aromatic carbocycles. The number of carbonyl (C=O) groups is 1. The van der Waals surface area contributed by atoms with Crippen molar-refractivity contribution in [2.75, 3.05) is 0 Å². The van der Waals surface area contributed by atoms with E-state index in [2.05, 4.69) is 0 Å². The third kappa shape index (κ3) is 6.45. The molecule has 1 unspecified atom stereocenters. The molecule has 0 aliphatic heterocycles. The molecule has 6 heteroatoms. The van der Waals surface area contributed by atoms with E-state index in [4.69, 9.17) is 4.74 Å². The van der Waals surface area contributed by atoms with Gasteiger partial charge in [0.1, 0.15) is 18.2 Å². The maximum Gasteiger partial charge on any atom is 1.00 e. The van der Waals surface area contributed by atoms with E-state index < -0.39 is 12.1 Å². The standard InChI is InChI=1S/C17H17FO4.Li/c18-14-3-1-2-12(10-14)11-22-15-6-4-13(5-7-15)16(19)8-9-17(20)21;/h1-7,10,16,19H,8-9,11H2,(H,20,21);/q;+1/p-1. The number of aliphatic carboxylic acids is 1. The van der Waals surface area contributed by atoms with Gasteiger partial charge in [0.25, 0.3) is 0 Å². The van der Waals surface area contributed by atoms with Crippen LogP contribution in [0.2, 0.25) is 0 Å². The maximum absolute atomic E-state index is 13.0. The van der Waals surface area contributed by atoms with Gasteiger partial charge in [0, 0.05) is 5.97 Å². The van der Waals surface area contributed by atoms with Gasteiger partial charge in [0.2, 0.25) is 0 Å². The number of carboxylic acid groups (broad SMARTS) is 1. The zero-order valence-corrected chi connectivity index (χ0v) is 12.9. The summed E-state index contributed by atoms with van der Waals surface area (Å²) in [6, 6.07) is 12.8. The molecule has 0 saturated heterocycles. The zero-order chi connectivity index (χ0) is 15.9. The summed E-state index contributed by atoms with van der Waals surface area (Å²) in [5.74, 6) is -0.915. The fourth-order valence-electron chi connectivity index (χ4n) is 2.00. The summed E-state index contributed by atoms with van der Waals surface area (Å²) < 4.78 is 18.6. The van der Waals surface area contributed by atoms with Crippen molar-refractivity contribution in [3.63, 3.8) is 0 Å². The number of hydrogen-bond acceptors (Lipinski definition) is 4. The minimum absolute atomic E-state index is 0. The van der Waals surface area contributed by atoms with Crippen molar-refractivity contribution in [2.24, 2.45) is 0 Å². The molecule has 0 aromatic heterocycles. The predicted octanol–water partition coefficient (Wildman–Crippen LogP) is -1.03. The predicted molar refractivity (Wildman–Crippen MR) is 76.4 cm³/mol. The Balaban J connectivity index is 0.00000264. The van der Waals surface area contributed by atoms with E-state index in [0.29, 0.717) is 11.3 Å². The summed E-state index contributed by atoms with van der Waals surface area (Å²) in [7, 11) is 0. The molecule has 0 radical (unpaired) electrons. The van der Waals surface area contributed by atoms with E-state index in [1.165, 1.54) is 12.1 Å². The van der Waals surface area contributed by atoms with Gasteiger partial charge in [-0.1, -0.05) is 24.3 Å². The molecule has 2 aromatic rings. The van der Waals surface area contributed by atoms with Crippen molar-refractivity contribution >= 4 is 5.97 Å². The number of halogens is 1. The first-order valence-electron chi connectivity index (χ1n) is 6.89. The monoisotopic (exact) mass is 310 g/mol. The van der Waals surface area contributed by atoms with Gasteiger partial charge in [-0.15, -0.1) is 0 Å². The Morgan fingerprint density at radius 1 is 1.22 bits per heavy atom. The molecule has 1 atom stereocenters. The Bertz CT molecular complexity index is 631. The summed E-state index contributed by atoms with van der Waals surface area (Å²) in [5, 5.41) is 20.2. The first-order chi connectivity index (χ1) is 10.5. The third-order valence-electron chi connectivity index (χ3n) is 3.18. The number of carbonyl (C=O) groups excluding carboxylic acids is 1. The maximum atomic E-state index is 13.0. The molecule has 0 aliphatic carbocycles. The summed E-state index contributed by atoms with van der Waals surface area (Å²) in [6.07, 6.45) is -0.944. The number of ether oxygens (including phenoxy) is 1. The Kier molecular flexibility index (Phi) is 7.83. The van der Waals surface area contributed by atoms with Crippen LogP contribution in [-0.2, 0) is 11.4 Å². The van der Waals surface area contributed by atoms with Gasteiger partial charge in [-0.25, -0.2) is 4.39 Å². The molecule has 0 aliphatic rings. The van der Waals surface area contributed by atoms with Crippen LogP contribution in [0.15, 0.2) is 48.5 Å². The molecule has 0 saturated carbocycles. The summed E-state index contributed by atoms with van der Waals surface area (Å²) in [5.41, 5.74) is 1.33. The topological polar surface area (TPSA) is 69.6 Å². The summed E-state index contributed by atoms with van der Waals surface area (Å²) >= 11 is 0. The van der Waals surface area contributed by atoms with Gasteiger partial charge in [-0.3, -0.25) is 0 Å². The molecular formula is C17H16FLiO4. The van der Waals surface area contributed by atoms with E-state index in [-0.39, 0.29) is 44.1 Å². The van der Waals surface area contributed by atoms with Crippen LogP contribution < -0.4 is 28.7 Å². The SMILES string of the molecule is O=C([O-])CCC(O)c1ccc(OCc2cccc(F)c2)cc1.[Li+]. The minimum atomic E-state index is -1.19. The minimum Gasteiger partial charge on any atom is -0.550 e. The van der Waals surface area contributed by atoms with Gasteiger partial charge >= 0.3 is 18.9 Å². The van der Waals surface area contributed by atoms with Crippen LogP contribution in [-0.4, -0.2) is 11.1 Å². The Morgan fingerprint density at radius 3 is 2.52 bits per heavy atom. The summed E-state index contributed by atoms with van der Waals surface area (Å²) in [6.45, 7) is 0.240. The normalized spacial score (nSPS) is 11.4. The number of carboxylic acids is 1. The second-order valence-corrected chi connectivity index (χ2v) is 4.91. The van der Waals surface area contributed by atoms with E-state index in [0.717, 1.165) is 5.56 Å². The molecule has 0 fully saturated rings. The molecule has 0 amide bonds. The van der Waals surface area contributed by atoms with Gasteiger partial charge in [-0.2, -0.15) is 0 Å². The van der Waals surface area contributed by atoms with Crippen molar-refractivity contribution in [1.82, 2.24) is 0 Å². The van der Waals surface area contributed by atoms with Crippen LogP contribution in [0.4, 0.5) is 4.39 Å². The number of benzene rings is 2. The Morgan fingerprint density at radius 2 is 1.91 bits per heavy atom. The zero-order valence-electron chi connectivity index (χ0n) is 12.9. The second-order valence-electron chi connectivity index (χ2n) is 4.91. The van der Waals surface area contributed by atoms with Crippen molar-refractivity contribution in [1.29, 1.82) is 0 Å². The second kappa shape index (κ2) is 9.36. The van der Waals surface area contributed by atoms with Crippen LogP contribution in [0.1, 0.15) is 30.1 Å². The van der Waals surface area contributed by atoms with Crippen LogP contribution in [0, 0.1) is 5.82 Å². The van der Waals surface area contributed by atoms with E-state index in [1.54, 1.807) is 36.4 Å². The molecule has 0 heterocycles. The quantitative estimate of drug-likeness (QED) is 0.664. The van der Waals surface area contributed by atoms with E-state index >= 15 is 0 Å². The van der Waals surface area contributed by atoms with E-state index in [9.17, 15) is 19.4 Å². The fraction of sp³-hybridized carbons (Fsp3) is 0.235. The van der Waals surface area contributed by atoms with Crippen molar-refractivity contribution in [3.8, 4) is 5.75 Å². The average Bonchev–Trinajstić information content (AvgIpc) is 2.51. The van der Waals surface area contributed by atoms with Crippen LogP contribution in [0.3, 0.4) is 0 Å². The molecular weight excluding hydrogens is 294 g/mol. The van der Waals surface area contributed by atoms with Gasteiger partial charge in [0.05, 0.1) is 6.10 Å². The fourth-order valence-corrected chi connectivity index (χ4v) is 2.00. The van der Waals surface area contributed by atoms with Crippen molar-refractivity contribution in [3.05, 3.63) is 65.5 Å². The first-order valence-corrected chi connectivity index (χ1v) is 6.89. The smallest absolute Gasteiger partial charge is 0.550 e. The number of aliphatic hydroxyl groups is 1.